The van der Waals surface area contributed by atoms with E-state index >= 15 is 0 Å². The minimum atomic E-state index is -0.902. The predicted octanol–water partition coefficient (Wildman–Crippen LogP) is 3.59. The van der Waals surface area contributed by atoms with Crippen LogP contribution in [0.3, 0.4) is 0 Å². The fraction of sp³-hybridized carbons (Fsp3) is 0.267. The van der Waals surface area contributed by atoms with Crippen LogP contribution in [-0.4, -0.2) is 21.0 Å². The maximum Gasteiger partial charge on any atom is 0.309 e. The second-order valence-corrected chi connectivity index (χ2v) is 5.74. The maximum absolute atomic E-state index is 13.8. The van der Waals surface area contributed by atoms with Gasteiger partial charge in [-0.3, -0.25) is 4.79 Å². The molecule has 1 aromatic heterocycles. The number of hydrogen-bond acceptors (Lipinski definition) is 3. The van der Waals surface area contributed by atoms with E-state index in [-0.39, 0.29) is 11.0 Å². The molecule has 0 unspecified atom stereocenters. The van der Waals surface area contributed by atoms with Gasteiger partial charge in [0.1, 0.15) is 5.69 Å². The standard InChI is InChI=1S/C15H14ClFN2O2/c1-15(2,13(20)21)7-9-4-3-5-10(6-9)12-11(17)8-18-14(16)19-12/h3-6,8H,7H2,1-2H3,(H,20,21). The van der Waals surface area contributed by atoms with Gasteiger partial charge in [-0.2, -0.15) is 0 Å². The lowest BCUT2D eigenvalue weighted by atomic mass is 9.85. The van der Waals surface area contributed by atoms with E-state index in [0.29, 0.717) is 12.0 Å². The average molecular weight is 309 g/mol. The van der Waals surface area contributed by atoms with E-state index in [1.54, 1.807) is 38.1 Å². The Morgan fingerprint density at radius 2 is 2.14 bits per heavy atom. The van der Waals surface area contributed by atoms with E-state index in [4.69, 9.17) is 11.6 Å². The molecule has 0 amide bonds. The molecule has 0 atom stereocenters. The van der Waals surface area contributed by atoms with Crippen molar-refractivity contribution in [2.75, 3.05) is 0 Å². The number of rotatable bonds is 4. The number of aromatic nitrogens is 2. The Bertz CT molecular complexity index is 689. The van der Waals surface area contributed by atoms with Crippen LogP contribution in [-0.2, 0) is 11.2 Å². The summed E-state index contributed by atoms with van der Waals surface area (Å²) in [6, 6.07) is 6.94. The van der Waals surface area contributed by atoms with Crippen LogP contribution in [0.25, 0.3) is 11.3 Å². The molecule has 0 saturated carbocycles. The summed E-state index contributed by atoms with van der Waals surface area (Å²) in [7, 11) is 0. The topological polar surface area (TPSA) is 63.1 Å². The van der Waals surface area contributed by atoms with E-state index in [1.165, 1.54) is 0 Å². The van der Waals surface area contributed by atoms with Crippen molar-refractivity contribution in [1.82, 2.24) is 9.97 Å². The Kier molecular flexibility index (Phi) is 4.23. The van der Waals surface area contributed by atoms with Crippen molar-refractivity contribution in [3.8, 4) is 11.3 Å². The zero-order valence-electron chi connectivity index (χ0n) is 11.6. The van der Waals surface area contributed by atoms with Crippen LogP contribution >= 0.6 is 11.6 Å². The normalized spacial score (nSPS) is 11.4. The molecule has 1 aromatic carbocycles. The minimum absolute atomic E-state index is 0.0392. The second-order valence-electron chi connectivity index (χ2n) is 5.40. The van der Waals surface area contributed by atoms with E-state index in [1.807, 2.05) is 0 Å². The highest BCUT2D eigenvalue weighted by Gasteiger charge is 2.27. The van der Waals surface area contributed by atoms with Gasteiger partial charge in [-0.05, 0) is 43.5 Å². The number of benzene rings is 1. The van der Waals surface area contributed by atoms with Crippen LogP contribution in [0.2, 0.25) is 5.28 Å². The second kappa shape index (κ2) is 5.77. The zero-order valence-corrected chi connectivity index (χ0v) is 12.4. The molecule has 0 saturated heterocycles. The summed E-state index contributed by atoms with van der Waals surface area (Å²) < 4.78 is 13.8. The number of carboxylic acid groups (broad SMARTS) is 1. The van der Waals surface area contributed by atoms with Gasteiger partial charge >= 0.3 is 5.97 Å². The van der Waals surface area contributed by atoms with Gasteiger partial charge in [-0.15, -0.1) is 0 Å². The molecule has 21 heavy (non-hydrogen) atoms. The third-order valence-corrected chi connectivity index (χ3v) is 3.32. The summed E-state index contributed by atoms with van der Waals surface area (Å²) in [4.78, 5) is 18.6. The van der Waals surface area contributed by atoms with E-state index in [0.717, 1.165) is 11.8 Å². The summed E-state index contributed by atoms with van der Waals surface area (Å²) in [6.45, 7) is 3.29. The van der Waals surface area contributed by atoms with E-state index in [2.05, 4.69) is 9.97 Å². The van der Waals surface area contributed by atoms with Crippen LogP contribution in [0, 0.1) is 11.2 Å². The summed E-state index contributed by atoms with van der Waals surface area (Å²) in [5.74, 6) is -1.46. The molecule has 0 aliphatic heterocycles. The van der Waals surface area contributed by atoms with Crippen molar-refractivity contribution in [1.29, 1.82) is 0 Å². The number of carboxylic acids is 1. The van der Waals surface area contributed by atoms with Crippen molar-refractivity contribution >= 4 is 17.6 Å². The fourth-order valence-corrected chi connectivity index (χ4v) is 2.10. The van der Waals surface area contributed by atoms with E-state index < -0.39 is 17.2 Å². The van der Waals surface area contributed by atoms with Crippen LogP contribution in [0.1, 0.15) is 19.4 Å². The first-order valence-corrected chi connectivity index (χ1v) is 6.68. The Balaban J connectivity index is 2.38. The fourth-order valence-electron chi connectivity index (χ4n) is 1.96. The highest BCUT2D eigenvalue weighted by molar-refractivity contribution is 6.28. The largest absolute Gasteiger partial charge is 0.481 e. The Hall–Kier alpha value is -2.01. The molecular weight excluding hydrogens is 295 g/mol. The first-order valence-electron chi connectivity index (χ1n) is 6.30. The van der Waals surface area contributed by atoms with Crippen LogP contribution in [0.4, 0.5) is 4.39 Å². The lowest BCUT2D eigenvalue weighted by molar-refractivity contribution is -0.146. The maximum atomic E-state index is 13.8. The summed E-state index contributed by atoms with van der Waals surface area (Å²) >= 11 is 5.69. The molecule has 0 aliphatic carbocycles. The van der Waals surface area contributed by atoms with Gasteiger partial charge in [0.05, 0.1) is 11.6 Å². The molecule has 4 nitrogen and oxygen atoms in total. The molecule has 0 fully saturated rings. The Morgan fingerprint density at radius 3 is 2.81 bits per heavy atom. The number of aliphatic carboxylic acids is 1. The van der Waals surface area contributed by atoms with Gasteiger partial charge in [-0.1, -0.05) is 18.2 Å². The molecular formula is C15H14ClFN2O2. The molecule has 110 valence electrons. The molecule has 2 aromatic rings. The number of nitrogens with zero attached hydrogens (tertiary/aromatic N) is 2. The third-order valence-electron chi connectivity index (χ3n) is 3.14. The van der Waals surface area contributed by atoms with Crippen molar-refractivity contribution in [2.24, 2.45) is 5.41 Å². The lowest BCUT2D eigenvalue weighted by Gasteiger charge is -2.19. The van der Waals surface area contributed by atoms with Gasteiger partial charge in [0, 0.05) is 5.56 Å². The smallest absolute Gasteiger partial charge is 0.309 e. The molecule has 2 rings (SSSR count). The molecule has 6 heteroatoms. The molecule has 0 aliphatic rings. The Morgan fingerprint density at radius 1 is 1.43 bits per heavy atom. The summed E-state index contributed by atoms with van der Waals surface area (Å²) in [6.07, 6.45) is 1.34. The molecule has 0 spiro atoms. The summed E-state index contributed by atoms with van der Waals surface area (Å²) in [5, 5.41) is 9.13. The van der Waals surface area contributed by atoms with Gasteiger partial charge in [0.25, 0.3) is 0 Å². The van der Waals surface area contributed by atoms with Gasteiger partial charge in [0.2, 0.25) is 5.28 Å². The minimum Gasteiger partial charge on any atom is -0.481 e. The first-order chi connectivity index (χ1) is 9.79. The third kappa shape index (κ3) is 3.55. The quantitative estimate of drug-likeness (QED) is 0.877. The van der Waals surface area contributed by atoms with Gasteiger partial charge in [0.15, 0.2) is 5.82 Å². The Labute approximate surface area is 126 Å². The monoisotopic (exact) mass is 308 g/mol. The van der Waals surface area contributed by atoms with Crippen molar-refractivity contribution in [2.45, 2.75) is 20.3 Å². The number of carbonyl (C=O) groups is 1. The molecule has 1 N–H and O–H groups in total. The van der Waals surface area contributed by atoms with Gasteiger partial charge in [-0.25, -0.2) is 14.4 Å². The van der Waals surface area contributed by atoms with Crippen LogP contribution < -0.4 is 0 Å². The first kappa shape index (κ1) is 15.4. The highest BCUT2D eigenvalue weighted by atomic mass is 35.5. The van der Waals surface area contributed by atoms with E-state index in [9.17, 15) is 14.3 Å². The van der Waals surface area contributed by atoms with Crippen molar-refractivity contribution in [3.63, 3.8) is 0 Å². The zero-order chi connectivity index (χ0) is 15.6. The molecule has 0 radical (unpaired) electrons. The lowest BCUT2D eigenvalue weighted by Crippen LogP contribution is -2.26. The SMILES string of the molecule is CC(C)(Cc1cccc(-c2nc(Cl)ncc2F)c1)C(=O)O. The van der Waals surface area contributed by atoms with Crippen molar-refractivity contribution < 1.29 is 14.3 Å². The number of halogens is 2. The molecule has 1 heterocycles. The highest BCUT2D eigenvalue weighted by Crippen LogP contribution is 2.26. The predicted molar refractivity (Wildman–Crippen MR) is 77.6 cm³/mol. The molecule has 0 bridgehead atoms. The van der Waals surface area contributed by atoms with Crippen molar-refractivity contribution in [3.05, 3.63) is 47.1 Å². The van der Waals surface area contributed by atoms with Crippen LogP contribution in [0.15, 0.2) is 30.5 Å². The van der Waals surface area contributed by atoms with Crippen LogP contribution in [0.5, 0.6) is 0 Å². The summed E-state index contributed by atoms with van der Waals surface area (Å²) in [5.41, 5.74) is 0.523. The number of hydrogen-bond donors (Lipinski definition) is 1. The average Bonchev–Trinajstić information content (AvgIpc) is 2.41. The van der Waals surface area contributed by atoms with Gasteiger partial charge < -0.3 is 5.11 Å².